The van der Waals surface area contributed by atoms with Crippen molar-refractivity contribution in [2.24, 2.45) is 23.3 Å². The molecule has 0 amide bonds. The highest BCUT2D eigenvalue weighted by Gasteiger charge is 2.25. The second kappa shape index (κ2) is 16.8. The highest BCUT2D eigenvalue weighted by molar-refractivity contribution is 9.10. The molecule has 4 N–H and O–H groups in total. The summed E-state index contributed by atoms with van der Waals surface area (Å²) >= 11 is 8.70. The van der Waals surface area contributed by atoms with Crippen LogP contribution in [0.1, 0.15) is 78.4 Å². The van der Waals surface area contributed by atoms with E-state index in [1.165, 1.54) is 24.5 Å². The maximum absolute atomic E-state index is 14.1. The SMILES string of the molecule is CC(C)C[C@@](C)(N)COc1cnc(-c2ccnc(Cl)c2F)cc1C(F)F.CC(C)C[C@@](C)(N)COc1cnc(Br)cc1C(F)F. The molecule has 45 heavy (non-hydrogen) atoms. The van der Waals surface area contributed by atoms with Crippen LogP contribution in [0.3, 0.4) is 0 Å². The molecule has 3 rings (SSSR count). The molecule has 0 saturated heterocycles. The smallest absolute Gasteiger partial charge is 0.267 e. The van der Waals surface area contributed by atoms with Crippen molar-refractivity contribution in [3.8, 4) is 22.8 Å². The first-order chi connectivity index (χ1) is 20.8. The molecule has 0 aromatic carbocycles. The van der Waals surface area contributed by atoms with Crippen molar-refractivity contribution < 1.29 is 31.4 Å². The number of hydrogen-bond donors (Lipinski definition) is 2. The molecular formula is C31H40BrClF5N5O2. The summed E-state index contributed by atoms with van der Waals surface area (Å²) in [6.45, 7) is 12.0. The largest absolute Gasteiger partial charge is 0.490 e. The van der Waals surface area contributed by atoms with Crippen molar-refractivity contribution in [1.29, 1.82) is 0 Å². The predicted molar refractivity (Wildman–Crippen MR) is 169 cm³/mol. The van der Waals surface area contributed by atoms with Gasteiger partial charge in [-0.25, -0.2) is 31.9 Å². The lowest BCUT2D eigenvalue weighted by atomic mass is 9.93. The van der Waals surface area contributed by atoms with Crippen LogP contribution in [0.2, 0.25) is 5.15 Å². The number of pyridine rings is 3. The molecule has 0 spiro atoms. The number of nitrogens with two attached hydrogens (primary N) is 2. The first-order valence-corrected chi connectivity index (χ1v) is 15.3. The molecule has 2 atom stereocenters. The van der Waals surface area contributed by atoms with Gasteiger partial charge in [0.25, 0.3) is 12.9 Å². The van der Waals surface area contributed by atoms with Crippen LogP contribution in [0.25, 0.3) is 11.3 Å². The summed E-state index contributed by atoms with van der Waals surface area (Å²) in [5.74, 6) is -0.0651. The fourth-order valence-electron chi connectivity index (χ4n) is 4.70. The summed E-state index contributed by atoms with van der Waals surface area (Å²) in [6, 6.07) is 3.67. The normalized spacial score (nSPS) is 14.3. The molecule has 3 aromatic heterocycles. The summed E-state index contributed by atoms with van der Waals surface area (Å²) < 4.78 is 78.1. The van der Waals surface area contributed by atoms with E-state index in [-0.39, 0.29) is 52.3 Å². The van der Waals surface area contributed by atoms with E-state index in [2.05, 4.69) is 44.7 Å². The minimum atomic E-state index is -2.82. The minimum absolute atomic E-state index is 0.0121. The number of hydrogen-bond acceptors (Lipinski definition) is 7. The molecule has 0 aliphatic carbocycles. The van der Waals surface area contributed by atoms with E-state index in [0.717, 1.165) is 18.7 Å². The molecule has 0 bridgehead atoms. The van der Waals surface area contributed by atoms with E-state index in [1.54, 1.807) is 6.92 Å². The van der Waals surface area contributed by atoms with E-state index < -0.39 is 29.7 Å². The highest BCUT2D eigenvalue weighted by Crippen LogP contribution is 2.34. The lowest BCUT2D eigenvalue weighted by Gasteiger charge is -2.27. The molecule has 0 radical (unpaired) electrons. The molecule has 0 aliphatic rings. The quantitative estimate of drug-likeness (QED) is 0.134. The first kappa shape index (κ1) is 38.6. The van der Waals surface area contributed by atoms with E-state index >= 15 is 0 Å². The molecule has 0 fully saturated rings. The summed E-state index contributed by atoms with van der Waals surface area (Å²) in [6.07, 6.45) is -0.289. The maximum atomic E-state index is 14.1. The first-order valence-electron chi connectivity index (χ1n) is 14.2. The highest BCUT2D eigenvalue weighted by atomic mass is 79.9. The zero-order valence-corrected chi connectivity index (χ0v) is 28.4. The van der Waals surface area contributed by atoms with Crippen molar-refractivity contribution in [2.45, 2.75) is 78.3 Å². The molecule has 250 valence electrons. The van der Waals surface area contributed by atoms with Gasteiger partial charge >= 0.3 is 0 Å². The number of halogens is 7. The number of ether oxygens (including phenoxy) is 2. The fraction of sp³-hybridized carbons (Fsp3) is 0.516. The average molecular weight is 725 g/mol. The lowest BCUT2D eigenvalue weighted by Crippen LogP contribution is -2.43. The lowest BCUT2D eigenvalue weighted by molar-refractivity contribution is 0.139. The minimum Gasteiger partial charge on any atom is -0.490 e. The Morgan fingerprint density at radius 3 is 1.76 bits per heavy atom. The predicted octanol–water partition coefficient (Wildman–Crippen LogP) is 8.94. The summed E-state index contributed by atoms with van der Waals surface area (Å²) in [5.41, 5.74) is 10.4. The second-order valence-electron chi connectivity index (χ2n) is 12.3. The summed E-state index contributed by atoms with van der Waals surface area (Å²) in [7, 11) is 0. The second-order valence-corrected chi connectivity index (χ2v) is 13.5. The van der Waals surface area contributed by atoms with Crippen molar-refractivity contribution in [1.82, 2.24) is 15.0 Å². The number of rotatable bonds is 13. The van der Waals surface area contributed by atoms with E-state index in [9.17, 15) is 22.0 Å². The van der Waals surface area contributed by atoms with Crippen LogP contribution in [-0.2, 0) is 0 Å². The summed E-state index contributed by atoms with van der Waals surface area (Å²) in [4.78, 5) is 11.5. The number of nitrogens with zero attached hydrogens (tertiary/aromatic N) is 3. The molecular weight excluding hydrogens is 685 g/mol. The Hall–Kier alpha value is -2.61. The number of alkyl halides is 4. The van der Waals surface area contributed by atoms with Gasteiger partial charge in [0.05, 0.1) is 29.2 Å². The van der Waals surface area contributed by atoms with Crippen molar-refractivity contribution in [3.63, 3.8) is 0 Å². The van der Waals surface area contributed by atoms with Gasteiger partial charge < -0.3 is 20.9 Å². The fourth-order valence-corrected chi connectivity index (χ4v) is 5.21. The zero-order valence-electron chi connectivity index (χ0n) is 26.1. The van der Waals surface area contributed by atoms with Gasteiger partial charge in [0.1, 0.15) is 29.3 Å². The Balaban J connectivity index is 0.000000330. The third-order valence-corrected chi connectivity index (χ3v) is 6.92. The Morgan fingerprint density at radius 1 is 0.822 bits per heavy atom. The third kappa shape index (κ3) is 12.6. The van der Waals surface area contributed by atoms with Gasteiger partial charge in [0.2, 0.25) is 0 Å². The molecule has 0 saturated carbocycles. The molecule has 7 nitrogen and oxygen atoms in total. The van der Waals surface area contributed by atoms with Gasteiger partial charge in [-0.2, -0.15) is 0 Å². The third-order valence-electron chi connectivity index (χ3n) is 6.22. The molecule has 14 heteroatoms. The summed E-state index contributed by atoms with van der Waals surface area (Å²) in [5, 5.41) is -0.351. The molecule has 3 heterocycles. The van der Waals surface area contributed by atoms with E-state index in [4.69, 9.17) is 32.5 Å². The topological polar surface area (TPSA) is 109 Å². The van der Waals surface area contributed by atoms with E-state index in [1.807, 2.05) is 20.8 Å². The number of aromatic nitrogens is 3. The molecule has 0 aliphatic heterocycles. The molecule has 0 unspecified atom stereocenters. The van der Waals surface area contributed by atoms with E-state index in [0.29, 0.717) is 22.9 Å². The standard InChI is InChI=1S/C18H21ClF3N3O.C13H19BrF2N2O/c1-10(2)7-18(3,23)9-26-14-8-25-13(6-12(14)17(21)22)11-4-5-24-16(19)15(11)20;1-8(2)5-13(3,17)7-19-10-6-18-11(14)4-9(10)12(15)16/h4-6,8,10,17H,7,9,23H2,1-3H3;4,6,8,12H,5,7,17H2,1-3H3/t18-;13-/m11/s1. The molecule has 3 aromatic rings. The van der Waals surface area contributed by atoms with Crippen LogP contribution in [0.4, 0.5) is 22.0 Å². The van der Waals surface area contributed by atoms with Crippen molar-refractivity contribution in [2.75, 3.05) is 13.2 Å². The van der Waals surface area contributed by atoms with Crippen LogP contribution in [0.15, 0.2) is 41.4 Å². The Labute approximate surface area is 274 Å². The van der Waals surface area contributed by atoms with Gasteiger partial charge in [-0.1, -0.05) is 39.3 Å². The zero-order chi connectivity index (χ0) is 34.1. The van der Waals surface area contributed by atoms with Gasteiger partial charge in [-0.05, 0) is 72.7 Å². The van der Waals surface area contributed by atoms with Crippen molar-refractivity contribution >= 4 is 27.5 Å². The van der Waals surface area contributed by atoms with Gasteiger partial charge in [0.15, 0.2) is 11.0 Å². The maximum Gasteiger partial charge on any atom is 0.267 e. The van der Waals surface area contributed by atoms with Gasteiger partial charge in [0, 0.05) is 22.8 Å². The van der Waals surface area contributed by atoms with Crippen LogP contribution in [0, 0.1) is 17.7 Å². The van der Waals surface area contributed by atoms with Gasteiger partial charge in [-0.15, -0.1) is 0 Å². The average Bonchev–Trinajstić information content (AvgIpc) is 2.91. The Kier molecular flexibility index (Phi) is 14.4. The Bertz CT molecular complexity index is 1400. The van der Waals surface area contributed by atoms with Crippen LogP contribution in [0.5, 0.6) is 11.5 Å². The Morgan fingerprint density at radius 2 is 1.29 bits per heavy atom. The monoisotopic (exact) mass is 723 g/mol. The van der Waals surface area contributed by atoms with Gasteiger partial charge in [-0.3, -0.25) is 4.98 Å². The van der Waals surface area contributed by atoms with Crippen LogP contribution in [-0.4, -0.2) is 39.2 Å². The van der Waals surface area contributed by atoms with Crippen LogP contribution < -0.4 is 20.9 Å². The van der Waals surface area contributed by atoms with Crippen LogP contribution >= 0.6 is 27.5 Å². The van der Waals surface area contributed by atoms with Crippen molar-refractivity contribution in [3.05, 3.63) is 63.5 Å².